The molecule has 0 aromatic heterocycles. The number of benzene rings is 3. The molecule has 2 nitrogen and oxygen atoms in total. The molecule has 3 aromatic rings. The van der Waals surface area contributed by atoms with Crippen LogP contribution in [0.4, 0.5) is 0 Å². The number of hydrogen-bond acceptors (Lipinski definition) is 1. The Hall–Kier alpha value is -2.08. The molecule has 3 aromatic carbocycles. The summed E-state index contributed by atoms with van der Waals surface area (Å²) in [4.78, 5) is 13.9. The van der Waals surface area contributed by atoms with Gasteiger partial charge >= 0.3 is 14.4 Å². The molecular formula is C33H46AlNO. The van der Waals surface area contributed by atoms with Crippen LogP contribution in [0.2, 0.25) is 10.6 Å². The fourth-order valence-corrected chi connectivity index (χ4v) is 7.92. The maximum absolute atomic E-state index is 13.9. The lowest BCUT2D eigenvalue weighted by molar-refractivity contribution is 0.0981. The van der Waals surface area contributed by atoms with Crippen LogP contribution in [0.15, 0.2) is 66.7 Å². The van der Waals surface area contributed by atoms with Gasteiger partial charge < -0.3 is 4.30 Å². The van der Waals surface area contributed by atoms with Crippen molar-refractivity contribution in [2.45, 2.75) is 101 Å². The molecule has 0 saturated carbocycles. The third-order valence-corrected chi connectivity index (χ3v) is 10.3. The molecule has 1 N–H and O–H groups in total. The van der Waals surface area contributed by atoms with E-state index in [0.29, 0.717) is 0 Å². The van der Waals surface area contributed by atoms with Crippen molar-refractivity contribution < 1.29 is 4.79 Å². The summed E-state index contributed by atoms with van der Waals surface area (Å²) in [6, 6.07) is 23.0. The summed E-state index contributed by atoms with van der Waals surface area (Å²) in [6.07, 6.45) is 15.8. The van der Waals surface area contributed by atoms with Gasteiger partial charge in [0.2, 0.25) is 5.91 Å². The molecule has 0 unspecified atom stereocenters. The highest BCUT2D eigenvalue weighted by atomic mass is 27.2. The molecule has 0 aliphatic rings. The van der Waals surface area contributed by atoms with Crippen LogP contribution in [-0.2, 0) is 0 Å². The molecule has 3 rings (SSSR count). The zero-order valence-electron chi connectivity index (χ0n) is 22.7. The molecule has 0 bridgehead atoms. The first kappa shape index (κ1) is 28.5. The van der Waals surface area contributed by atoms with Crippen molar-refractivity contribution >= 4 is 31.0 Å². The zero-order valence-corrected chi connectivity index (χ0v) is 23.9. The van der Waals surface area contributed by atoms with Crippen LogP contribution in [0.3, 0.4) is 0 Å². The van der Waals surface area contributed by atoms with Gasteiger partial charge in [-0.2, -0.15) is 0 Å². The standard InChI is InChI=1S/C17H13NO.2C8H17.Al/c18-17(19)16-14-9-5-4-8-13(14)10-11-15(16)12-6-2-1-3-7-12;2*1-3-5-7-8-6-4-2;/h1-11H,(H2,18,19);2*1,3-8H2,2H3;/q;;;+1/p-1. The highest BCUT2D eigenvalue weighted by Gasteiger charge is 2.24. The van der Waals surface area contributed by atoms with Gasteiger partial charge in [0.05, 0.1) is 5.56 Å². The molecule has 0 aliphatic heterocycles. The third kappa shape index (κ3) is 9.10. The molecule has 0 atom stereocenters. The fraction of sp³-hybridized carbons (Fsp3) is 0.485. The van der Waals surface area contributed by atoms with E-state index in [0.717, 1.165) is 27.5 Å². The summed E-state index contributed by atoms with van der Waals surface area (Å²) in [5.74, 6) is 0.138. The highest BCUT2D eigenvalue weighted by Crippen LogP contribution is 2.30. The molecule has 36 heavy (non-hydrogen) atoms. The quantitative estimate of drug-likeness (QED) is 0.145. The first-order valence-electron chi connectivity index (χ1n) is 14.6. The highest BCUT2D eigenvalue weighted by molar-refractivity contribution is 6.59. The predicted molar refractivity (Wildman–Crippen MR) is 159 cm³/mol. The van der Waals surface area contributed by atoms with Crippen LogP contribution in [-0.4, -0.2) is 20.3 Å². The zero-order chi connectivity index (χ0) is 25.4. The Morgan fingerprint density at radius 1 is 0.639 bits per heavy atom. The number of carbonyl (C=O) groups is 1. The van der Waals surface area contributed by atoms with Gasteiger partial charge in [-0.15, -0.1) is 0 Å². The van der Waals surface area contributed by atoms with Crippen molar-refractivity contribution in [1.29, 1.82) is 0 Å². The van der Waals surface area contributed by atoms with E-state index >= 15 is 0 Å². The van der Waals surface area contributed by atoms with Crippen molar-refractivity contribution in [3.8, 4) is 11.1 Å². The van der Waals surface area contributed by atoms with E-state index in [-0.39, 0.29) is 5.91 Å². The molecular weight excluding hydrogens is 453 g/mol. The van der Waals surface area contributed by atoms with E-state index < -0.39 is 14.4 Å². The predicted octanol–water partition coefficient (Wildman–Crippen LogP) is 9.95. The Labute approximate surface area is 224 Å². The van der Waals surface area contributed by atoms with E-state index in [2.05, 4.69) is 78.8 Å². The fourth-order valence-electron chi connectivity index (χ4n) is 5.26. The number of carbonyl (C=O) groups excluding carboxylic acids is 1. The number of hydrogen-bond donors (Lipinski definition) is 1. The lowest BCUT2D eigenvalue weighted by atomic mass is 9.94. The maximum Gasteiger partial charge on any atom is 0.414 e. The second-order valence-corrected chi connectivity index (χ2v) is 13.2. The van der Waals surface area contributed by atoms with Gasteiger partial charge in [-0.1, -0.05) is 168 Å². The molecule has 0 radical (unpaired) electrons. The number of unbranched alkanes of at least 4 members (excludes halogenated alkanes) is 10. The number of nitrogens with one attached hydrogen (secondary N) is 1. The van der Waals surface area contributed by atoms with Gasteiger partial charge in [-0.05, 0) is 21.9 Å². The summed E-state index contributed by atoms with van der Waals surface area (Å²) in [5.41, 5.74) is 3.00. The number of fused-ring (bicyclic) bond motifs is 1. The van der Waals surface area contributed by atoms with E-state index in [4.69, 9.17) is 0 Å². The molecule has 0 spiro atoms. The van der Waals surface area contributed by atoms with Crippen molar-refractivity contribution in [3.05, 3.63) is 72.3 Å². The number of amides is 1. The molecule has 192 valence electrons. The molecule has 1 amide bonds. The smallest absolute Gasteiger partial charge is 0.414 e. The minimum Gasteiger partial charge on any atom is -0.442 e. The molecule has 0 saturated heterocycles. The van der Waals surface area contributed by atoms with E-state index in [1.165, 1.54) is 87.6 Å². The van der Waals surface area contributed by atoms with Crippen LogP contribution < -0.4 is 4.30 Å². The average molecular weight is 500 g/mol. The Morgan fingerprint density at radius 2 is 1.19 bits per heavy atom. The first-order chi connectivity index (χ1) is 17.7. The van der Waals surface area contributed by atoms with Crippen molar-refractivity contribution in [2.24, 2.45) is 0 Å². The Morgan fingerprint density at radius 3 is 1.83 bits per heavy atom. The largest absolute Gasteiger partial charge is 0.442 e. The van der Waals surface area contributed by atoms with Gasteiger partial charge in [-0.25, -0.2) is 0 Å². The third-order valence-electron chi connectivity index (χ3n) is 7.39. The minimum atomic E-state index is -1.37. The summed E-state index contributed by atoms with van der Waals surface area (Å²) in [5, 5.41) is 4.63. The summed E-state index contributed by atoms with van der Waals surface area (Å²) >= 11 is -1.37. The maximum atomic E-state index is 13.9. The molecule has 0 aliphatic carbocycles. The SMILES string of the molecule is CCCCCCC[CH2][Al]([CH2]CCCCCCC)[NH]C(=O)c1c(-c2ccccc2)ccc2ccccc12. The van der Waals surface area contributed by atoms with Gasteiger partial charge in [0.15, 0.2) is 0 Å². The van der Waals surface area contributed by atoms with Gasteiger partial charge in [0, 0.05) is 0 Å². The molecule has 3 heteroatoms. The van der Waals surface area contributed by atoms with Crippen molar-refractivity contribution in [2.75, 3.05) is 0 Å². The molecule has 0 heterocycles. The monoisotopic (exact) mass is 499 g/mol. The van der Waals surface area contributed by atoms with Gasteiger partial charge in [-0.3, -0.25) is 4.79 Å². The van der Waals surface area contributed by atoms with Crippen LogP contribution in [0.25, 0.3) is 21.9 Å². The van der Waals surface area contributed by atoms with Crippen LogP contribution in [0.1, 0.15) is 101 Å². The van der Waals surface area contributed by atoms with E-state index in [9.17, 15) is 4.79 Å². The second kappa shape index (κ2) is 16.6. The first-order valence-corrected chi connectivity index (χ1v) is 16.8. The minimum absolute atomic E-state index is 0.138. The van der Waals surface area contributed by atoms with Crippen LogP contribution in [0, 0.1) is 0 Å². The van der Waals surface area contributed by atoms with Gasteiger partial charge in [0.1, 0.15) is 0 Å². The summed E-state index contributed by atoms with van der Waals surface area (Å²) in [6.45, 7) is 4.55. The second-order valence-electron chi connectivity index (χ2n) is 10.4. The Kier molecular flexibility index (Phi) is 13.2. The Bertz CT molecular complexity index is 1020. The van der Waals surface area contributed by atoms with Crippen molar-refractivity contribution in [3.63, 3.8) is 0 Å². The van der Waals surface area contributed by atoms with Gasteiger partial charge in [0.25, 0.3) is 0 Å². The molecule has 0 fully saturated rings. The van der Waals surface area contributed by atoms with Crippen molar-refractivity contribution in [1.82, 2.24) is 4.30 Å². The Balaban J connectivity index is 1.75. The van der Waals surface area contributed by atoms with E-state index in [1.54, 1.807) is 0 Å². The topological polar surface area (TPSA) is 29.1 Å². The van der Waals surface area contributed by atoms with Crippen LogP contribution >= 0.6 is 0 Å². The normalized spacial score (nSPS) is 11.1. The van der Waals surface area contributed by atoms with E-state index in [1.807, 2.05) is 6.07 Å². The summed E-state index contributed by atoms with van der Waals surface area (Å²) in [7, 11) is 0. The number of rotatable bonds is 17. The average Bonchev–Trinajstić information content (AvgIpc) is 2.92. The lowest BCUT2D eigenvalue weighted by Crippen LogP contribution is -2.39. The lowest BCUT2D eigenvalue weighted by Gasteiger charge is -2.18. The summed E-state index contributed by atoms with van der Waals surface area (Å²) < 4.78 is 3.64. The van der Waals surface area contributed by atoms with Crippen LogP contribution in [0.5, 0.6) is 0 Å².